The Morgan fingerprint density at radius 1 is 1.25 bits per heavy atom. The first-order chi connectivity index (χ1) is 13.3. The molecular weight excluding hydrogens is 408 g/mol. The van der Waals surface area contributed by atoms with Crippen molar-refractivity contribution < 1.29 is 32.6 Å². The zero-order valence-corrected chi connectivity index (χ0v) is 16.7. The van der Waals surface area contributed by atoms with Crippen molar-refractivity contribution in [3.05, 3.63) is 29.8 Å². The standard InChI is InChI=1S/C17H20N2O7S2/c1-25-12-4-2-11(3-5-12)6-19-13-9-28(23,24)10-14(13)27-17(19)18-15(20)7-26-8-16(21)22/h2-5,13-14H,6-10H2,1H3,(H,21,22)/t13-,14+/m1/s1. The molecule has 0 bridgehead atoms. The van der Waals surface area contributed by atoms with Crippen molar-refractivity contribution in [2.75, 3.05) is 31.8 Å². The average Bonchev–Trinajstić information content (AvgIpc) is 3.07. The fraction of sp³-hybridized carbons (Fsp3) is 0.471. The highest BCUT2D eigenvalue weighted by atomic mass is 32.2. The van der Waals surface area contributed by atoms with Crippen LogP contribution >= 0.6 is 11.8 Å². The van der Waals surface area contributed by atoms with E-state index in [9.17, 15) is 18.0 Å². The molecule has 3 rings (SSSR count). The van der Waals surface area contributed by atoms with E-state index in [-0.39, 0.29) is 22.8 Å². The van der Waals surface area contributed by atoms with Gasteiger partial charge in [0.25, 0.3) is 5.91 Å². The summed E-state index contributed by atoms with van der Waals surface area (Å²) >= 11 is 1.27. The zero-order chi connectivity index (χ0) is 20.3. The number of fused-ring (bicyclic) bond motifs is 1. The van der Waals surface area contributed by atoms with Crippen LogP contribution in [0, 0.1) is 0 Å². The van der Waals surface area contributed by atoms with Gasteiger partial charge in [-0.25, -0.2) is 13.2 Å². The lowest BCUT2D eigenvalue weighted by molar-refractivity contribution is -0.143. The van der Waals surface area contributed by atoms with Crippen LogP contribution in [0.25, 0.3) is 0 Å². The quantitative estimate of drug-likeness (QED) is 0.657. The number of amidine groups is 1. The monoisotopic (exact) mass is 428 g/mol. The first kappa shape index (κ1) is 20.6. The Balaban J connectivity index is 1.76. The van der Waals surface area contributed by atoms with E-state index >= 15 is 0 Å². The number of carboxylic acid groups (broad SMARTS) is 1. The Labute approximate surface area is 166 Å². The van der Waals surface area contributed by atoms with E-state index in [1.165, 1.54) is 11.8 Å². The molecule has 0 radical (unpaired) electrons. The molecule has 0 aromatic heterocycles. The number of hydrogen-bond donors (Lipinski definition) is 1. The third-order valence-corrected chi connectivity index (χ3v) is 7.61. The van der Waals surface area contributed by atoms with E-state index in [0.29, 0.717) is 17.5 Å². The topological polar surface area (TPSA) is 123 Å². The minimum absolute atomic E-state index is 0.0174. The van der Waals surface area contributed by atoms with E-state index in [1.807, 2.05) is 29.2 Å². The molecule has 0 aliphatic carbocycles. The maximum Gasteiger partial charge on any atom is 0.329 e. The van der Waals surface area contributed by atoms with Gasteiger partial charge < -0.3 is 19.5 Å². The second kappa shape index (κ2) is 8.50. The van der Waals surface area contributed by atoms with Crippen LogP contribution in [0.15, 0.2) is 29.3 Å². The SMILES string of the molecule is COc1ccc(CN2C(=NC(=O)COCC(=O)O)S[C@H]3CS(=O)(=O)C[C@H]32)cc1. The van der Waals surface area contributed by atoms with Crippen molar-refractivity contribution in [2.24, 2.45) is 4.99 Å². The number of nitrogens with zero attached hydrogens (tertiary/aromatic N) is 2. The molecule has 1 aromatic carbocycles. The second-order valence-corrected chi connectivity index (χ2v) is 9.81. The van der Waals surface area contributed by atoms with Crippen LogP contribution in [0.1, 0.15) is 5.56 Å². The Morgan fingerprint density at radius 2 is 1.96 bits per heavy atom. The normalized spacial score (nSPS) is 24.3. The summed E-state index contributed by atoms with van der Waals surface area (Å²) in [7, 11) is -1.56. The number of aliphatic carboxylic acids is 1. The lowest BCUT2D eigenvalue weighted by Crippen LogP contribution is -2.37. The number of aliphatic imine (C=N–C) groups is 1. The molecule has 0 saturated carbocycles. The van der Waals surface area contributed by atoms with Crippen molar-refractivity contribution in [1.29, 1.82) is 0 Å². The predicted octanol–water partition coefficient (Wildman–Crippen LogP) is 0.393. The molecule has 1 N–H and O–H groups in total. The number of hydrogen-bond acceptors (Lipinski definition) is 7. The molecule has 2 saturated heterocycles. The van der Waals surface area contributed by atoms with Gasteiger partial charge in [0.15, 0.2) is 15.0 Å². The highest BCUT2D eigenvalue weighted by Gasteiger charge is 2.48. The number of amides is 1. The van der Waals surface area contributed by atoms with E-state index in [4.69, 9.17) is 14.6 Å². The summed E-state index contributed by atoms with van der Waals surface area (Å²) < 4.78 is 34.0. The largest absolute Gasteiger partial charge is 0.497 e. The number of methoxy groups -OCH3 is 1. The Morgan fingerprint density at radius 3 is 2.61 bits per heavy atom. The van der Waals surface area contributed by atoms with Gasteiger partial charge in [-0.1, -0.05) is 23.9 Å². The molecule has 152 valence electrons. The number of benzene rings is 1. The third kappa shape index (κ3) is 5.03. The molecule has 1 aromatic rings. The van der Waals surface area contributed by atoms with E-state index in [2.05, 4.69) is 4.99 Å². The number of carbonyl (C=O) groups is 2. The van der Waals surface area contributed by atoms with E-state index in [0.717, 1.165) is 5.56 Å². The number of carboxylic acids is 1. The van der Waals surface area contributed by atoms with Gasteiger partial charge in [-0.3, -0.25) is 4.79 Å². The third-order valence-electron chi connectivity index (χ3n) is 4.36. The van der Waals surface area contributed by atoms with Crippen LogP contribution < -0.4 is 4.74 Å². The molecule has 2 aliphatic rings. The van der Waals surface area contributed by atoms with E-state index in [1.54, 1.807) is 7.11 Å². The highest BCUT2D eigenvalue weighted by Crippen LogP contribution is 2.39. The molecule has 1 amide bonds. The summed E-state index contributed by atoms with van der Waals surface area (Å²) in [5.41, 5.74) is 0.925. The number of thioether (sulfide) groups is 1. The molecule has 0 spiro atoms. The van der Waals surface area contributed by atoms with Gasteiger partial charge in [-0.2, -0.15) is 4.99 Å². The first-order valence-corrected chi connectivity index (χ1v) is 11.2. The summed E-state index contributed by atoms with van der Waals surface area (Å²) in [4.78, 5) is 28.4. The fourth-order valence-electron chi connectivity index (χ4n) is 3.11. The first-order valence-electron chi connectivity index (χ1n) is 8.45. The Hall–Kier alpha value is -2.11. The predicted molar refractivity (Wildman–Crippen MR) is 103 cm³/mol. The highest BCUT2D eigenvalue weighted by molar-refractivity contribution is 8.15. The molecule has 28 heavy (non-hydrogen) atoms. The molecule has 0 unspecified atom stereocenters. The van der Waals surface area contributed by atoms with Crippen LogP contribution in [0.5, 0.6) is 5.75 Å². The van der Waals surface area contributed by atoms with Crippen LogP contribution in [0.4, 0.5) is 0 Å². The van der Waals surface area contributed by atoms with Gasteiger partial charge in [0.1, 0.15) is 19.0 Å². The van der Waals surface area contributed by atoms with Crippen molar-refractivity contribution in [2.45, 2.75) is 17.8 Å². The molecule has 2 heterocycles. The minimum Gasteiger partial charge on any atom is -0.497 e. The lowest BCUT2D eigenvalue weighted by Gasteiger charge is -2.24. The number of sulfone groups is 1. The summed E-state index contributed by atoms with van der Waals surface area (Å²) in [5, 5.41) is 8.81. The fourth-order valence-corrected chi connectivity index (χ4v) is 7.08. The average molecular weight is 428 g/mol. The number of rotatable bonds is 7. The van der Waals surface area contributed by atoms with Gasteiger partial charge in [-0.15, -0.1) is 0 Å². The van der Waals surface area contributed by atoms with Gasteiger partial charge >= 0.3 is 5.97 Å². The zero-order valence-electron chi connectivity index (χ0n) is 15.1. The molecule has 2 aliphatic heterocycles. The smallest absolute Gasteiger partial charge is 0.329 e. The molecule has 11 heteroatoms. The van der Waals surface area contributed by atoms with Crippen LogP contribution in [0.3, 0.4) is 0 Å². The maximum atomic E-state index is 12.0. The molecule has 9 nitrogen and oxygen atoms in total. The summed E-state index contributed by atoms with van der Waals surface area (Å²) in [6.07, 6.45) is 0. The summed E-state index contributed by atoms with van der Waals surface area (Å²) in [6, 6.07) is 7.10. The van der Waals surface area contributed by atoms with Crippen molar-refractivity contribution in [1.82, 2.24) is 4.90 Å². The van der Waals surface area contributed by atoms with Gasteiger partial charge in [-0.05, 0) is 17.7 Å². The summed E-state index contributed by atoms with van der Waals surface area (Å²) in [6.45, 7) is -0.626. The number of carbonyl (C=O) groups excluding carboxylic acids is 1. The van der Waals surface area contributed by atoms with Gasteiger partial charge in [0, 0.05) is 11.8 Å². The molecule has 2 atom stereocenters. The molecule has 2 fully saturated rings. The second-order valence-electron chi connectivity index (χ2n) is 6.45. The lowest BCUT2D eigenvalue weighted by atomic mass is 10.1. The van der Waals surface area contributed by atoms with Crippen LogP contribution in [-0.4, -0.2) is 78.6 Å². The Kier molecular flexibility index (Phi) is 6.26. The molecular formula is C17H20N2O7S2. The van der Waals surface area contributed by atoms with E-state index < -0.39 is 34.9 Å². The minimum atomic E-state index is -3.13. The van der Waals surface area contributed by atoms with Gasteiger partial charge in [0.05, 0.1) is 24.7 Å². The van der Waals surface area contributed by atoms with Crippen molar-refractivity contribution in [3.8, 4) is 5.75 Å². The summed E-state index contributed by atoms with van der Waals surface area (Å²) in [5.74, 6) is -1.00. The number of ether oxygens (including phenoxy) is 2. The van der Waals surface area contributed by atoms with Crippen molar-refractivity contribution >= 4 is 38.6 Å². The maximum absolute atomic E-state index is 12.0. The van der Waals surface area contributed by atoms with Crippen LogP contribution in [0.2, 0.25) is 0 Å². The Bertz CT molecular complexity index is 883. The van der Waals surface area contributed by atoms with Crippen LogP contribution in [-0.2, 0) is 30.7 Å². The van der Waals surface area contributed by atoms with Crippen molar-refractivity contribution in [3.63, 3.8) is 0 Å². The van der Waals surface area contributed by atoms with Gasteiger partial charge in [0.2, 0.25) is 0 Å².